The lowest BCUT2D eigenvalue weighted by atomic mass is 10.2. The lowest BCUT2D eigenvalue weighted by Crippen LogP contribution is -2.50. The van der Waals surface area contributed by atoms with Crippen molar-refractivity contribution < 1.29 is 31.2 Å². The summed E-state index contributed by atoms with van der Waals surface area (Å²) in [5, 5.41) is 0.411. The molecule has 0 radical (unpaired) electrons. The number of anilines is 1. The Kier molecular flexibility index (Phi) is 9.33. The van der Waals surface area contributed by atoms with Crippen LogP contribution in [0.1, 0.15) is 17.3 Å². The maximum absolute atomic E-state index is 13.6. The van der Waals surface area contributed by atoms with Crippen LogP contribution in [-0.4, -0.2) is 114 Å². The predicted octanol–water partition coefficient (Wildman–Crippen LogP) is 2.37. The molecule has 1 aliphatic heterocycles. The number of likely N-dealkylation sites (N-methyl/N-ethyl adjacent to an activating group) is 1. The standard InChI is InChI=1S/C26H33N5O7S3/c1-5-38-26(33)29-13-15-30(16-14-29)41(36,37)20-8-6-19(7-9-20)24(32)31(17-12-28(2)3)25-27-22-11-10-21(40(4,34)35)18-23(22)39-25/h6-11,18H,5,12-17H2,1-4H3. The Bertz CT molecular complexity index is 1630. The molecule has 1 aliphatic rings. The van der Waals surface area contributed by atoms with Crippen molar-refractivity contribution in [2.24, 2.45) is 0 Å². The highest BCUT2D eigenvalue weighted by Crippen LogP contribution is 2.31. The maximum atomic E-state index is 13.6. The molecule has 15 heteroatoms. The van der Waals surface area contributed by atoms with Gasteiger partial charge in [0.25, 0.3) is 5.91 Å². The molecule has 1 fully saturated rings. The molecule has 41 heavy (non-hydrogen) atoms. The first-order valence-electron chi connectivity index (χ1n) is 12.9. The summed E-state index contributed by atoms with van der Waals surface area (Å²) >= 11 is 1.21. The molecule has 1 saturated heterocycles. The Labute approximate surface area is 244 Å². The van der Waals surface area contributed by atoms with Crippen molar-refractivity contribution in [3.8, 4) is 0 Å². The van der Waals surface area contributed by atoms with Gasteiger partial charge in [-0.3, -0.25) is 9.69 Å². The molecule has 0 spiro atoms. The number of sulfonamides is 1. The quantitative estimate of drug-likeness (QED) is 0.352. The lowest BCUT2D eigenvalue weighted by molar-refractivity contribution is 0.0933. The number of sulfone groups is 1. The number of nitrogens with zero attached hydrogens (tertiary/aromatic N) is 5. The Balaban J connectivity index is 1.55. The van der Waals surface area contributed by atoms with E-state index in [2.05, 4.69) is 4.98 Å². The van der Waals surface area contributed by atoms with E-state index in [1.54, 1.807) is 19.1 Å². The summed E-state index contributed by atoms with van der Waals surface area (Å²) in [5.41, 5.74) is 0.857. The topological polar surface area (TPSA) is 138 Å². The number of carbonyl (C=O) groups excluding carboxylic acids is 2. The van der Waals surface area contributed by atoms with Crippen LogP contribution >= 0.6 is 11.3 Å². The molecule has 0 saturated carbocycles. The number of aromatic nitrogens is 1. The molecule has 4 rings (SSSR count). The summed E-state index contributed by atoms with van der Waals surface area (Å²) in [4.78, 5) is 35.3. The van der Waals surface area contributed by atoms with Crippen molar-refractivity contribution in [3.05, 3.63) is 48.0 Å². The summed E-state index contributed by atoms with van der Waals surface area (Å²) in [5.74, 6) is -0.360. The summed E-state index contributed by atoms with van der Waals surface area (Å²) in [6, 6.07) is 10.4. The molecule has 0 N–H and O–H groups in total. The fraction of sp³-hybridized carbons (Fsp3) is 0.423. The van der Waals surface area contributed by atoms with Gasteiger partial charge in [0.1, 0.15) is 0 Å². The minimum absolute atomic E-state index is 0.0479. The number of ether oxygens (including phenoxy) is 1. The molecule has 222 valence electrons. The third kappa shape index (κ3) is 7.04. The zero-order valence-corrected chi connectivity index (χ0v) is 25.8. The second-order valence-electron chi connectivity index (χ2n) is 9.77. The van der Waals surface area contributed by atoms with Gasteiger partial charge in [-0.25, -0.2) is 26.6 Å². The first kappa shape index (κ1) is 30.8. The summed E-state index contributed by atoms with van der Waals surface area (Å²) in [6.07, 6.45) is 0.672. The van der Waals surface area contributed by atoms with E-state index in [1.165, 1.54) is 55.8 Å². The minimum Gasteiger partial charge on any atom is -0.450 e. The minimum atomic E-state index is -3.83. The zero-order chi connectivity index (χ0) is 29.9. The van der Waals surface area contributed by atoms with Gasteiger partial charge >= 0.3 is 6.09 Å². The SMILES string of the molecule is CCOC(=O)N1CCN(S(=O)(=O)c2ccc(C(=O)N(CCN(C)C)c3nc4ccc(S(C)(=O)=O)cc4s3)cc2)CC1. The molecule has 1 aromatic heterocycles. The number of hydrogen-bond donors (Lipinski definition) is 0. The Morgan fingerprint density at radius 1 is 0.951 bits per heavy atom. The van der Waals surface area contributed by atoms with Gasteiger partial charge in [-0.05, 0) is 63.5 Å². The van der Waals surface area contributed by atoms with Gasteiger partial charge in [0.15, 0.2) is 15.0 Å². The molecule has 0 unspecified atom stereocenters. The van der Waals surface area contributed by atoms with E-state index >= 15 is 0 Å². The van der Waals surface area contributed by atoms with E-state index in [4.69, 9.17) is 4.74 Å². The van der Waals surface area contributed by atoms with Gasteiger partial charge in [0.2, 0.25) is 10.0 Å². The number of fused-ring (bicyclic) bond motifs is 1. The van der Waals surface area contributed by atoms with Crippen LogP contribution < -0.4 is 4.90 Å². The smallest absolute Gasteiger partial charge is 0.409 e. The Morgan fingerprint density at radius 2 is 1.59 bits per heavy atom. The van der Waals surface area contributed by atoms with Gasteiger partial charge in [-0.15, -0.1) is 0 Å². The molecule has 12 nitrogen and oxygen atoms in total. The van der Waals surface area contributed by atoms with Crippen molar-refractivity contribution in [3.63, 3.8) is 0 Å². The van der Waals surface area contributed by atoms with Crippen molar-refractivity contribution in [2.45, 2.75) is 16.7 Å². The number of amides is 2. The largest absolute Gasteiger partial charge is 0.450 e. The summed E-state index contributed by atoms with van der Waals surface area (Å²) < 4.78 is 57.4. The molecule has 3 aromatic rings. The number of carbonyl (C=O) groups is 2. The molecule has 2 heterocycles. The molecule has 2 aromatic carbocycles. The highest BCUT2D eigenvalue weighted by molar-refractivity contribution is 7.90. The average Bonchev–Trinajstić information content (AvgIpc) is 3.36. The molecule has 0 atom stereocenters. The molecular formula is C26H33N5O7S3. The van der Waals surface area contributed by atoms with Crippen molar-refractivity contribution in [2.75, 3.05) is 71.1 Å². The predicted molar refractivity (Wildman–Crippen MR) is 157 cm³/mol. The van der Waals surface area contributed by atoms with E-state index in [1.807, 2.05) is 19.0 Å². The van der Waals surface area contributed by atoms with Gasteiger partial charge in [-0.2, -0.15) is 4.31 Å². The fourth-order valence-electron chi connectivity index (χ4n) is 4.22. The maximum Gasteiger partial charge on any atom is 0.409 e. The Morgan fingerprint density at radius 3 is 2.17 bits per heavy atom. The van der Waals surface area contributed by atoms with Crippen molar-refractivity contribution >= 4 is 58.5 Å². The third-order valence-corrected chi connectivity index (χ3v) is 10.6. The van der Waals surface area contributed by atoms with Crippen LogP contribution in [0.2, 0.25) is 0 Å². The first-order valence-corrected chi connectivity index (χ1v) is 17.0. The van der Waals surface area contributed by atoms with Gasteiger partial charge < -0.3 is 14.5 Å². The average molecular weight is 624 g/mol. The van der Waals surface area contributed by atoms with Crippen LogP contribution in [0.3, 0.4) is 0 Å². The van der Waals surface area contributed by atoms with Crippen LogP contribution in [0.15, 0.2) is 52.3 Å². The monoisotopic (exact) mass is 623 g/mol. The number of piperazine rings is 1. The third-order valence-electron chi connectivity index (χ3n) is 6.53. The number of thiazole rings is 1. The van der Waals surface area contributed by atoms with Gasteiger partial charge in [-0.1, -0.05) is 11.3 Å². The molecule has 0 bridgehead atoms. The summed E-state index contributed by atoms with van der Waals surface area (Å²) in [6.45, 7) is 3.54. The van der Waals surface area contributed by atoms with Crippen LogP contribution in [0.5, 0.6) is 0 Å². The van der Waals surface area contributed by atoms with Gasteiger partial charge in [0.05, 0.1) is 26.6 Å². The van der Waals surface area contributed by atoms with Gasteiger partial charge in [0, 0.05) is 51.1 Å². The highest BCUT2D eigenvalue weighted by atomic mass is 32.2. The molecular weight excluding hydrogens is 591 g/mol. The van der Waals surface area contributed by atoms with Crippen molar-refractivity contribution in [1.29, 1.82) is 0 Å². The van der Waals surface area contributed by atoms with Crippen LogP contribution in [0.4, 0.5) is 9.93 Å². The normalized spacial score (nSPS) is 14.9. The zero-order valence-electron chi connectivity index (χ0n) is 23.3. The van der Waals surface area contributed by atoms with Crippen LogP contribution in [0, 0.1) is 0 Å². The van der Waals surface area contributed by atoms with E-state index in [0.29, 0.717) is 28.4 Å². The second kappa shape index (κ2) is 12.4. The highest BCUT2D eigenvalue weighted by Gasteiger charge is 2.31. The lowest BCUT2D eigenvalue weighted by Gasteiger charge is -2.33. The van der Waals surface area contributed by atoms with Crippen LogP contribution in [-0.2, 0) is 24.6 Å². The molecule has 2 amide bonds. The Hall–Kier alpha value is -3.11. The van der Waals surface area contributed by atoms with E-state index < -0.39 is 26.0 Å². The van der Waals surface area contributed by atoms with E-state index in [9.17, 15) is 26.4 Å². The second-order valence-corrected chi connectivity index (χ2v) is 14.7. The van der Waals surface area contributed by atoms with Crippen molar-refractivity contribution in [1.82, 2.24) is 19.1 Å². The molecule has 0 aliphatic carbocycles. The first-order chi connectivity index (χ1) is 19.3. The fourth-order valence-corrected chi connectivity index (χ4v) is 7.40. The number of hydrogen-bond acceptors (Lipinski definition) is 10. The number of benzene rings is 2. The summed E-state index contributed by atoms with van der Waals surface area (Å²) in [7, 11) is -3.47. The van der Waals surface area contributed by atoms with E-state index in [0.717, 1.165) is 6.26 Å². The van der Waals surface area contributed by atoms with E-state index in [-0.39, 0.29) is 54.0 Å². The van der Waals surface area contributed by atoms with Crippen LogP contribution in [0.25, 0.3) is 10.2 Å². The number of rotatable bonds is 9.